The highest BCUT2D eigenvalue weighted by Gasteiger charge is 2.29. The van der Waals surface area contributed by atoms with Crippen LogP contribution in [0, 0.1) is 5.82 Å². The second-order valence-corrected chi connectivity index (χ2v) is 11.1. The van der Waals surface area contributed by atoms with Gasteiger partial charge in [0.15, 0.2) is 0 Å². The monoisotopic (exact) mass is 566 g/mol. The molecule has 0 saturated heterocycles. The highest BCUT2D eigenvalue weighted by molar-refractivity contribution is 7.93. The third-order valence-electron chi connectivity index (χ3n) is 6.04. The summed E-state index contributed by atoms with van der Waals surface area (Å²) in [5.74, 6) is 0.0242. The van der Waals surface area contributed by atoms with E-state index in [-0.39, 0.29) is 22.2 Å². The van der Waals surface area contributed by atoms with Gasteiger partial charge >= 0.3 is 0 Å². The summed E-state index contributed by atoms with van der Waals surface area (Å²) in [4.78, 5) is 8.42. The number of rotatable bonds is 7. The predicted octanol–water partition coefficient (Wildman–Crippen LogP) is 7.18. The molecule has 0 fully saturated rings. The van der Waals surface area contributed by atoms with E-state index < -0.39 is 15.8 Å². The van der Waals surface area contributed by atoms with Gasteiger partial charge in [0.25, 0.3) is 10.0 Å². The maximum absolute atomic E-state index is 14.9. The van der Waals surface area contributed by atoms with Crippen molar-refractivity contribution in [3.63, 3.8) is 0 Å². The average Bonchev–Trinajstić information content (AvgIpc) is 2.91. The fourth-order valence-electron chi connectivity index (χ4n) is 4.21. The molecule has 0 aliphatic heterocycles. The summed E-state index contributed by atoms with van der Waals surface area (Å²) in [6, 6.07) is 23.0. The predicted molar refractivity (Wildman–Crippen MR) is 151 cm³/mol. The Morgan fingerprint density at radius 3 is 2.45 bits per heavy atom. The molecule has 0 bridgehead atoms. The van der Waals surface area contributed by atoms with Gasteiger partial charge in [-0.1, -0.05) is 59.6 Å². The standard InChI is InChI=1S/C28H21Cl2FN4O2S/c1-32-28-22-14-20(9-11-25(22)33-17-34-28)19-6-4-5-18(13-19)16-35(26-8-3-2-7-24(26)31)38(36,37)27-12-10-21(29)15-23(27)30/h2-15,17H,16H2,1H3,(H,32,33,34). The van der Waals surface area contributed by atoms with E-state index in [1.165, 1.54) is 42.7 Å². The zero-order chi connectivity index (χ0) is 26.9. The number of fused-ring (bicyclic) bond motifs is 1. The van der Waals surface area contributed by atoms with Gasteiger partial charge in [-0.3, -0.25) is 4.31 Å². The summed E-state index contributed by atoms with van der Waals surface area (Å²) in [5.41, 5.74) is 3.10. The van der Waals surface area contributed by atoms with E-state index in [1.807, 2.05) is 36.4 Å². The van der Waals surface area contributed by atoms with Crippen LogP contribution in [-0.2, 0) is 16.6 Å². The zero-order valence-electron chi connectivity index (χ0n) is 20.1. The Hall–Kier alpha value is -3.72. The zero-order valence-corrected chi connectivity index (χ0v) is 22.4. The van der Waals surface area contributed by atoms with Gasteiger partial charge in [-0.15, -0.1) is 0 Å². The number of hydrogen-bond donors (Lipinski definition) is 1. The first kappa shape index (κ1) is 25.9. The van der Waals surface area contributed by atoms with Gasteiger partial charge in [-0.25, -0.2) is 22.8 Å². The minimum absolute atomic E-state index is 0.0497. The molecule has 38 heavy (non-hydrogen) atoms. The summed E-state index contributed by atoms with van der Waals surface area (Å²) in [6.45, 7) is -0.130. The Morgan fingerprint density at radius 2 is 1.68 bits per heavy atom. The molecule has 0 radical (unpaired) electrons. The lowest BCUT2D eigenvalue weighted by Gasteiger charge is -2.26. The van der Waals surface area contributed by atoms with Crippen molar-refractivity contribution in [2.75, 3.05) is 16.7 Å². The van der Waals surface area contributed by atoms with E-state index in [0.29, 0.717) is 16.4 Å². The molecule has 0 aliphatic carbocycles. The molecule has 5 aromatic rings. The van der Waals surface area contributed by atoms with Gasteiger partial charge in [0.1, 0.15) is 22.9 Å². The van der Waals surface area contributed by atoms with Crippen molar-refractivity contribution in [3.05, 3.63) is 113 Å². The Balaban J connectivity index is 1.58. The molecular formula is C28H21Cl2FN4O2S. The molecule has 0 spiro atoms. The number of nitrogens with zero attached hydrogens (tertiary/aromatic N) is 3. The lowest BCUT2D eigenvalue weighted by Crippen LogP contribution is -2.31. The molecule has 0 unspecified atom stereocenters. The van der Waals surface area contributed by atoms with E-state index in [9.17, 15) is 12.8 Å². The largest absolute Gasteiger partial charge is 0.373 e. The summed E-state index contributed by atoms with van der Waals surface area (Å²) >= 11 is 12.3. The maximum atomic E-state index is 14.9. The molecule has 4 aromatic carbocycles. The number of anilines is 2. The van der Waals surface area contributed by atoms with Crippen molar-refractivity contribution >= 4 is 55.6 Å². The highest BCUT2D eigenvalue weighted by atomic mass is 35.5. The van der Waals surface area contributed by atoms with E-state index in [1.54, 1.807) is 19.2 Å². The average molecular weight is 567 g/mol. The number of halogens is 3. The van der Waals surface area contributed by atoms with E-state index in [2.05, 4.69) is 15.3 Å². The number of hydrogen-bond acceptors (Lipinski definition) is 5. The molecule has 0 aliphatic rings. The SMILES string of the molecule is CNc1ncnc2ccc(-c3cccc(CN(c4ccccc4F)S(=O)(=O)c4ccc(Cl)cc4Cl)c3)cc12. The van der Waals surface area contributed by atoms with Crippen LogP contribution >= 0.6 is 23.2 Å². The minimum Gasteiger partial charge on any atom is -0.373 e. The molecule has 5 rings (SSSR count). The first-order valence-electron chi connectivity index (χ1n) is 11.5. The summed E-state index contributed by atoms with van der Waals surface area (Å²) in [7, 11) is -2.47. The Morgan fingerprint density at radius 1 is 0.895 bits per heavy atom. The first-order chi connectivity index (χ1) is 18.3. The second-order valence-electron chi connectivity index (χ2n) is 8.44. The van der Waals surface area contributed by atoms with E-state index in [4.69, 9.17) is 23.2 Å². The number of benzene rings is 4. The van der Waals surface area contributed by atoms with E-state index in [0.717, 1.165) is 26.3 Å². The number of aromatic nitrogens is 2. The topological polar surface area (TPSA) is 75.2 Å². The normalized spacial score (nSPS) is 11.5. The lowest BCUT2D eigenvalue weighted by atomic mass is 10.0. The van der Waals surface area contributed by atoms with E-state index >= 15 is 0 Å². The van der Waals surface area contributed by atoms with Crippen LogP contribution in [0.4, 0.5) is 15.9 Å². The molecule has 1 heterocycles. The molecule has 1 N–H and O–H groups in total. The van der Waals surface area contributed by atoms with Crippen molar-refractivity contribution in [2.24, 2.45) is 0 Å². The van der Waals surface area contributed by atoms with Crippen molar-refractivity contribution in [3.8, 4) is 11.1 Å². The fourth-order valence-corrected chi connectivity index (χ4v) is 6.42. The Kier molecular flexibility index (Phi) is 7.21. The summed E-state index contributed by atoms with van der Waals surface area (Å²) in [6.07, 6.45) is 1.50. The van der Waals surface area contributed by atoms with Crippen LogP contribution in [0.5, 0.6) is 0 Å². The quantitative estimate of drug-likeness (QED) is 0.226. The number of nitrogens with one attached hydrogen (secondary N) is 1. The molecule has 10 heteroatoms. The third-order valence-corrected chi connectivity index (χ3v) is 8.52. The maximum Gasteiger partial charge on any atom is 0.266 e. The van der Waals surface area contributed by atoms with Crippen LogP contribution < -0.4 is 9.62 Å². The number of para-hydroxylation sites is 1. The third kappa shape index (κ3) is 5.03. The fraction of sp³-hybridized carbons (Fsp3) is 0.0714. The summed E-state index contributed by atoms with van der Waals surface area (Å²) < 4.78 is 43.6. The smallest absolute Gasteiger partial charge is 0.266 e. The molecule has 0 saturated carbocycles. The first-order valence-corrected chi connectivity index (χ1v) is 13.7. The van der Waals surface area contributed by atoms with Crippen molar-refractivity contribution in [2.45, 2.75) is 11.4 Å². The van der Waals surface area contributed by atoms with Gasteiger partial charge < -0.3 is 5.32 Å². The van der Waals surface area contributed by atoms with Gasteiger partial charge in [-0.05, 0) is 65.2 Å². The number of sulfonamides is 1. The van der Waals surface area contributed by atoms with Crippen LogP contribution in [0.3, 0.4) is 0 Å². The highest BCUT2D eigenvalue weighted by Crippen LogP contribution is 2.34. The van der Waals surface area contributed by atoms with Crippen LogP contribution in [0.1, 0.15) is 5.56 Å². The molecule has 0 amide bonds. The van der Waals surface area contributed by atoms with Gasteiger partial charge in [0.05, 0.1) is 22.8 Å². The van der Waals surface area contributed by atoms with Crippen LogP contribution in [-0.4, -0.2) is 25.4 Å². The second kappa shape index (κ2) is 10.6. The lowest BCUT2D eigenvalue weighted by molar-refractivity contribution is 0.584. The molecule has 1 aromatic heterocycles. The van der Waals surface area contributed by atoms with Crippen molar-refractivity contribution in [1.82, 2.24) is 9.97 Å². The van der Waals surface area contributed by atoms with Crippen LogP contribution in [0.15, 0.2) is 96.2 Å². The Labute approximate surface area is 229 Å². The summed E-state index contributed by atoms with van der Waals surface area (Å²) in [5, 5.41) is 4.17. The van der Waals surface area contributed by atoms with Crippen LogP contribution in [0.25, 0.3) is 22.0 Å². The van der Waals surface area contributed by atoms with Gasteiger partial charge in [0, 0.05) is 17.5 Å². The van der Waals surface area contributed by atoms with Crippen molar-refractivity contribution < 1.29 is 12.8 Å². The minimum atomic E-state index is -4.26. The van der Waals surface area contributed by atoms with Gasteiger partial charge in [0.2, 0.25) is 0 Å². The molecule has 192 valence electrons. The molecule has 6 nitrogen and oxygen atoms in total. The molecule has 0 atom stereocenters. The van der Waals surface area contributed by atoms with Crippen LogP contribution in [0.2, 0.25) is 10.0 Å². The van der Waals surface area contributed by atoms with Crippen molar-refractivity contribution in [1.29, 1.82) is 0 Å². The molecular weight excluding hydrogens is 546 g/mol. The van der Waals surface area contributed by atoms with Gasteiger partial charge in [-0.2, -0.15) is 0 Å². The Bertz CT molecular complexity index is 1770.